The van der Waals surface area contributed by atoms with Gasteiger partial charge in [-0.15, -0.1) is 5.10 Å². The van der Waals surface area contributed by atoms with Crippen LogP contribution in [0.25, 0.3) is 28.1 Å². The van der Waals surface area contributed by atoms with Gasteiger partial charge < -0.3 is 0 Å². The van der Waals surface area contributed by atoms with Gasteiger partial charge in [0.2, 0.25) is 0 Å². The summed E-state index contributed by atoms with van der Waals surface area (Å²) < 4.78 is 1.97. The lowest BCUT2D eigenvalue weighted by molar-refractivity contribution is -0.123. The lowest BCUT2D eigenvalue weighted by Gasteiger charge is -2.36. The molecule has 0 unspecified atom stereocenters. The molecule has 0 atom stereocenters. The maximum Gasteiger partial charge on any atom is 0.278 e. The summed E-state index contributed by atoms with van der Waals surface area (Å²) in [5, 5.41) is 13.8. The van der Waals surface area contributed by atoms with Crippen LogP contribution in [0.1, 0.15) is 54.5 Å². The lowest BCUT2D eigenvalue weighted by Crippen LogP contribution is -2.39. The van der Waals surface area contributed by atoms with E-state index in [0.29, 0.717) is 18.1 Å². The first-order valence-electron chi connectivity index (χ1n) is 18.4. The highest BCUT2D eigenvalue weighted by molar-refractivity contribution is 6.15. The van der Waals surface area contributed by atoms with E-state index < -0.39 is 5.54 Å². The predicted octanol–water partition coefficient (Wildman–Crippen LogP) is 9.82. The van der Waals surface area contributed by atoms with E-state index in [1.54, 1.807) is 0 Å². The van der Waals surface area contributed by atoms with Crippen LogP contribution in [0.5, 0.6) is 0 Å². The fraction of sp³-hybridized carbons (Fsp3) is 0.128. The molecule has 0 N–H and O–H groups in total. The van der Waals surface area contributed by atoms with Gasteiger partial charge in [-0.05, 0) is 68.3 Å². The zero-order chi connectivity index (χ0) is 36.9. The third-order valence-corrected chi connectivity index (χ3v) is 10.2. The summed E-state index contributed by atoms with van der Waals surface area (Å²) in [5.74, 6) is 1.40. The van der Waals surface area contributed by atoms with Gasteiger partial charge in [-0.25, -0.2) is 9.67 Å². The molecule has 1 amide bonds. The van der Waals surface area contributed by atoms with Crippen molar-refractivity contribution in [3.8, 4) is 22.5 Å². The minimum Gasteiger partial charge on any atom is -0.290 e. The Morgan fingerprint density at radius 2 is 1.15 bits per heavy atom. The second kappa shape index (κ2) is 15.1. The number of aliphatic imine (C=N–C) groups is 1. The molecule has 7 aromatic rings. The average Bonchev–Trinajstić information content (AvgIpc) is 3.85. The van der Waals surface area contributed by atoms with Crippen LogP contribution in [0.2, 0.25) is 0 Å². The smallest absolute Gasteiger partial charge is 0.278 e. The molecule has 1 aromatic heterocycles. The second-order valence-electron chi connectivity index (χ2n) is 13.5. The van der Waals surface area contributed by atoms with E-state index in [4.69, 9.17) is 15.3 Å². The normalized spacial score (nSPS) is 13.9. The van der Waals surface area contributed by atoms with Crippen molar-refractivity contribution in [1.82, 2.24) is 25.1 Å². The van der Waals surface area contributed by atoms with Crippen molar-refractivity contribution in [2.75, 3.05) is 0 Å². The Hall–Kier alpha value is -6.73. The van der Waals surface area contributed by atoms with Gasteiger partial charge in [0.25, 0.3) is 5.91 Å². The van der Waals surface area contributed by atoms with Crippen LogP contribution < -0.4 is 0 Å². The molecular weight excluding hydrogens is 665 g/mol. The molecule has 0 bridgehead atoms. The topological polar surface area (TPSA) is 76.3 Å². The van der Waals surface area contributed by atoms with Gasteiger partial charge in [0.1, 0.15) is 17.1 Å². The molecule has 1 aliphatic heterocycles. The van der Waals surface area contributed by atoms with Crippen molar-refractivity contribution in [2.24, 2.45) is 4.99 Å². The number of tetrazole rings is 1. The molecule has 0 fully saturated rings. The van der Waals surface area contributed by atoms with Crippen molar-refractivity contribution in [3.05, 3.63) is 203 Å². The summed E-state index contributed by atoms with van der Waals surface area (Å²) >= 11 is 0. The van der Waals surface area contributed by atoms with Gasteiger partial charge in [-0.3, -0.25) is 9.69 Å². The van der Waals surface area contributed by atoms with Crippen LogP contribution in [0, 0.1) is 0 Å². The summed E-state index contributed by atoms with van der Waals surface area (Å²) in [6, 6.07) is 57.9. The number of allylic oxidation sites excluding steroid dienone is 1. The van der Waals surface area contributed by atoms with Crippen LogP contribution in [0.15, 0.2) is 181 Å². The average molecular weight is 705 g/mol. The Morgan fingerprint density at radius 1 is 0.630 bits per heavy atom. The third-order valence-electron chi connectivity index (χ3n) is 10.2. The number of carbonyl (C=O) groups excluding carboxylic acids is 1. The second-order valence-corrected chi connectivity index (χ2v) is 13.5. The minimum absolute atomic E-state index is 0.0557. The SMILES string of the molecule is CCCC1=N/C(=C(\C)c2ccccc2)C(=O)N1Cc1ccc(-c2ccccc2-c2nnnn2C(c2ccccc2)(c2ccccc2)c2ccccc2)cc1. The van der Waals surface area contributed by atoms with Gasteiger partial charge in [0, 0.05) is 12.0 Å². The number of benzene rings is 6. The number of hydrogen-bond donors (Lipinski definition) is 0. The van der Waals surface area contributed by atoms with E-state index in [-0.39, 0.29) is 5.91 Å². The van der Waals surface area contributed by atoms with E-state index in [9.17, 15) is 4.79 Å². The number of nitrogens with zero attached hydrogens (tertiary/aromatic N) is 6. The molecular formula is C47H40N6O. The zero-order valence-corrected chi connectivity index (χ0v) is 30.4. The molecule has 0 aliphatic carbocycles. The van der Waals surface area contributed by atoms with Crippen molar-refractivity contribution in [1.29, 1.82) is 0 Å². The fourth-order valence-electron chi connectivity index (χ4n) is 7.52. The Morgan fingerprint density at radius 3 is 1.70 bits per heavy atom. The molecule has 8 rings (SSSR count). The molecule has 54 heavy (non-hydrogen) atoms. The van der Waals surface area contributed by atoms with Crippen LogP contribution in [-0.2, 0) is 16.9 Å². The van der Waals surface area contributed by atoms with E-state index >= 15 is 0 Å². The van der Waals surface area contributed by atoms with Gasteiger partial charge in [0.15, 0.2) is 5.82 Å². The number of rotatable bonds is 11. The van der Waals surface area contributed by atoms with Gasteiger partial charge >= 0.3 is 0 Å². The highest BCUT2D eigenvalue weighted by atomic mass is 16.2. The van der Waals surface area contributed by atoms with Crippen molar-refractivity contribution < 1.29 is 4.79 Å². The van der Waals surface area contributed by atoms with E-state index in [0.717, 1.165) is 68.8 Å². The maximum atomic E-state index is 13.8. The van der Waals surface area contributed by atoms with Crippen molar-refractivity contribution >= 4 is 17.3 Å². The van der Waals surface area contributed by atoms with Crippen molar-refractivity contribution in [3.63, 3.8) is 0 Å². The summed E-state index contributed by atoms with van der Waals surface area (Å²) in [6.07, 6.45) is 1.63. The van der Waals surface area contributed by atoms with Crippen molar-refractivity contribution in [2.45, 2.75) is 38.8 Å². The monoisotopic (exact) mass is 704 g/mol. The van der Waals surface area contributed by atoms with Crippen LogP contribution in [0.3, 0.4) is 0 Å². The number of amides is 1. The molecule has 2 heterocycles. The summed E-state index contributed by atoms with van der Waals surface area (Å²) in [7, 11) is 0. The standard InChI is InChI=1S/C47H40N6O/c1-3-18-43-48-44(34(2)36-19-8-4-9-20-36)46(54)52(43)33-35-29-31-37(32-30-35)41-27-16-17-28-42(41)45-49-50-51-53(45)47(38-21-10-5-11-22-38,39-23-12-6-13-24-39)40-25-14-7-15-26-40/h4-17,19-32H,3,18,33H2,1-2H3/b44-34+. The van der Waals surface area contributed by atoms with Crippen LogP contribution in [0.4, 0.5) is 0 Å². The Balaban J connectivity index is 1.18. The highest BCUT2D eigenvalue weighted by Crippen LogP contribution is 2.43. The zero-order valence-electron chi connectivity index (χ0n) is 30.4. The van der Waals surface area contributed by atoms with Crippen LogP contribution >= 0.6 is 0 Å². The van der Waals surface area contributed by atoms with Gasteiger partial charge in [0.05, 0.1) is 6.54 Å². The van der Waals surface area contributed by atoms with Gasteiger partial charge in [-0.1, -0.05) is 177 Å². The van der Waals surface area contributed by atoms with E-state index in [1.807, 2.05) is 77.2 Å². The number of amidine groups is 1. The first-order valence-corrected chi connectivity index (χ1v) is 18.4. The largest absolute Gasteiger partial charge is 0.290 e. The molecule has 0 radical (unpaired) electrons. The molecule has 0 spiro atoms. The predicted molar refractivity (Wildman–Crippen MR) is 215 cm³/mol. The summed E-state index contributed by atoms with van der Waals surface area (Å²) in [5.41, 5.74) is 8.60. The molecule has 1 aliphatic rings. The first kappa shape index (κ1) is 34.4. The van der Waals surface area contributed by atoms with E-state index in [2.05, 4.69) is 121 Å². The van der Waals surface area contributed by atoms with E-state index in [1.165, 1.54) is 0 Å². The Labute approximate surface area is 316 Å². The first-order chi connectivity index (χ1) is 26.6. The van der Waals surface area contributed by atoms with Gasteiger partial charge in [-0.2, -0.15) is 0 Å². The Bertz CT molecular complexity index is 2340. The summed E-state index contributed by atoms with van der Waals surface area (Å²) in [4.78, 5) is 20.5. The highest BCUT2D eigenvalue weighted by Gasteiger charge is 2.42. The quantitative estimate of drug-likeness (QED) is 0.0993. The number of hydrogen-bond acceptors (Lipinski definition) is 5. The molecule has 7 nitrogen and oxygen atoms in total. The lowest BCUT2D eigenvalue weighted by atomic mass is 9.77. The molecule has 0 saturated heterocycles. The fourth-order valence-corrected chi connectivity index (χ4v) is 7.52. The Kier molecular flexibility index (Phi) is 9.60. The third kappa shape index (κ3) is 6.24. The molecule has 0 saturated carbocycles. The summed E-state index contributed by atoms with van der Waals surface area (Å²) in [6.45, 7) is 4.53. The van der Waals surface area contributed by atoms with Crippen LogP contribution in [-0.4, -0.2) is 36.8 Å². The maximum absolute atomic E-state index is 13.8. The molecule has 6 aromatic carbocycles. The molecule has 264 valence electrons. The number of aromatic nitrogens is 4. The molecule has 7 heteroatoms. The number of carbonyl (C=O) groups is 1. The minimum atomic E-state index is -0.869.